The predicted molar refractivity (Wildman–Crippen MR) is 67.7 cm³/mol. The molecule has 0 aromatic carbocycles. The number of pyridine rings is 3. The van der Waals surface area contributed by atoms with E-state index in [1.54, 1.807) is 30.6 Å². The van der Waals surface area contributed by atoms with Crippen LogP contribution in [-0.2, 0) is 0 Å². The Balaban J connectivity index is 2.30. The summed E-state index contributed by atoms with van der Waals surface area (Å²) in [6, 6.07) is 5.10. The van der Waals surface area contributed by atoms with E-state index in [1.807, 2.05) is 0 Å². The minimum absolute atomic E-state index is 0.334. The molecule has 0 unspecified atom stereocenters. The lowest BCUT2D eigenvalue weighted by atomic mass is 10.1. The van der Waals surface area contributed by atoms with E-state index in [0.717, 1.165) is 11.6 Å². The summed E-state index contributed by atoms with van der Waals surface area (Å²) in [7, 11) is 0. The monoisotopic (exact) mass is 259 g/mol. The van der Waals surface area contributed by atoms with E-state index in [9.17, 15) is 4.39 Å². The maximum atomic E-state index is 13.7. The summed E-state index contributed by atoms with van der Waals surface area (Å²) in [5.74, 6) is -0.449. The van der Waals surface area contributed by atoms with Gasteiger partial charge in [-0.15, -0.1) is 0 Å². The van der Waals surface area contributed by atoms with Gasteiger partial charge in [0.15, 0.2) is 5.82 Å². The molecule has 18 heavy (non-hydrogen) atoms. The minimum atomic E-state index is -0.449. The number of hydrogen-bond acceptors (Lipinski definition) is 3. The average Bonchev–Trinajstić information content (AvgIpc) is 2.39. The van der Waals surface area contributed by atoms with Crippen LogP contribution in [0.25, 0.3) is 22.2 Å². The Morgan fingerprint density at radius 1 is 1.06 bits per heavy atom. The van der Waals surface area contributed by atoms with Crippen LogP contribution in [0.4, 0.5) is 4.39 Å². The van der Waals surface area contributed by atoms with Gasteiger partial charge in [-0.1, -0.05) is 11.6 Å². The van der Waals surface area contributed by atoms with Crippen LogP contribution < -0.4 is 0 Å². The van der Waals surface area contributed by atoms with Gasteiger partial charge >= 0.3 is 0 Å². The molecule has 5 heteroatoms. The third kappa shape index (κ3) is 1.80. The molecule has 3 aromatic rings. The Hall–Kier alpha value is -2.07. The van der Waals surface area contributed by atoms with Crippen molar-refractivity contribution in [2.45, 2.75) is 0 Å². The van der Waals surface area contributed by atoms with Gasteiger partial charge in [0, 0.05) is 23.3 Å². The SMILES string of the molecule is Fc1cnccc1-c1nc2cnccc2cc1Cl. The van der Waals surface area contributed by atoms with Gasteiger partial charge in [0.05, 0.1) is 28.6 Å². The number of aromatic nitrogens is 3. The molecule has 88 valence electrons. The normalized spacial score (nSPS) is 10.8. The highest BCUT2D eigenvalue weighted by atomic mass is 35.5. The number of halogens is 2. The molecule has 3 aromatic heterocycles. The molecule has 0 bridgehead atoms. The molecule has 0 aliphatic heterocycles. The van der Waals surface area contributed by atoms with E-state index in [2.05, 4.69) is 15.0 Å². The Bertz CT molecular complexity index is 730. The van der Waals surface area contributed by atoms with Gasteiger partial charge in [-0.25, -0.2) is 9.37 Å². The zero-order valence-electron chi connectivity index (χ0n) is 9.14. The maximum Gasteiger partial charge on any atom is 0.150 e. The zero-order valence-corrected chi connectivity index (χ0v) is 9.89. The van der Waals surface area contributed by atoms with Crippen molar-refractivity contribution in [3.8, 4) is 11.3 Å². The summed E-state index contributed by atoms with van der Waals surface area (Å²) in [4.78, 5) is 12.0. The molecule has 0 saturated carbocycles. The molecule has 3 heterocycles. The van der Waals surface area contributed by atoms with Crippen molar-refractivity contribution >= 4 is 22.5 Å². The number of rotatable bonds is 1. The van der Waals surface area contributed by atoms with Crippen molar-refractivity contribution in [2.24, 2.45) is 0 Å². The molecule has 0 saturated heterocycles. The van der Waals surface area contributed by atoms with Crippen LogP contribution in [0.15, 0.2) is 43.0 Å². The molecule has 0 radical (unpaired) electrons. The average molecular weight is 260 g/mol. The summed E-state index contributed by atoms with van der Waals surface area (Å²) < 4.78 is 13.7. The lowest BCUT2D eigenvalue weighted by Gasteiger charge is -2.06. The van der Waals surface area contributed by atoms with Gasteiger partial charge < -0.3 is 0 Å². The second-order valence-electron chi connectivity index (χ2n) is 3.74. The zero-order chi connectivity index (χ0) is 12.5. The summed E-state index contributed by atoms with van der Waals surface area (Å²) in [6.45, 7) is 0. The fourth-order valence-corrected chi connectivity index (χ4v) is 2.01. The molecule has 0 N–H and O–H groups in total. The van der Waals surface area contributed by atoms with Crippen LogP contribution in [0.1, 0.15) is 0 Å². The Morgan fingerprint density at radius 2 is 1.83 bits per heavy atom. The minimum Gasteiger partial charge on any atom is -0.262 e. The first kappa shape index (κ1) is 11.0. The van der Waals surface area contributed by atoms with Gasteiger partial charge in [0.25, 0.3) is 0 Å². The van der Waals surface area contributed by atoms with Crippen molar-refractivity contribution in [3.05, 3.63) is 53.8 Å². The van der Waals surface area contributed by atoms with Gasteiger partial charge in [-0.2, -0.15) is 0 Å². The lowest BCUT2D eigenvalue weighted by Crippen LogP contribution is -1.91. The predicted octanol–water partition coefficient (Wildman–Crippen LogP) is 3.48. The summed E-state index contributed by atoms with van der Waals surface area (Å²) in [5, 5.41) is 1.27. The van der Waals surface area contributed by atoms with Crippen molar-refractivity contribution < 1.29 is 4.39 Å². The molecule has 0 fully saturated rings. The number of hydrogen-bond donors (Lipinski definition) is 0. The Morgan fingerprint density at radius 3 is 2.67 bits per heavy atom. The van der Waals surface area contributed by atoms with Crippen LogP contribution in [0.3, 0.4) is 0 Å². The molecule has 0 aliphatic rings. The quantitative estimate of drug-likeness (QED) is 0.671. The molecule has 0 atom stereocenters. The number of nitrogens with zero attached hydrogens (tertiary/aromatic N) is 3. The fraction of sp³-hybridized carbons (Fsp3) is 0. The standard InChI is InChI=1S/C13H7ClFN3/c14-10-5-8-1-3-17-7-12(8)18-13(10)9-2-4-16-6-11(9)15/h1-7H. The fourth-order valence-electron chi connectivity index (χ4n) is 1.75. The van der Waals surface area contributed by atoms with Crippen molar-refractivity contribution in [3.63, 3.8) is 0 Å². The largest absolute Gasteiger partial charge is 0.262 e. The lowest BCUT2D eigenvalue weighted by molar-refractivity contribution is 0.624. The number of fused-ring (bicyclic) bond motifs is 1. The Labute approximate surface area is 107 Å². The molecule has 3 nitrogen and oxygen atoms in total. The van der Waals surface area contributed by atoms with Gasteiger partial charge in [-0.05, 0) is 18.2 Å². The molecular formula is C13H7ClFN3. The maximum absolute atomic E-state index is 13.7. The first-order valence-corrected chi connectivity index (χ1v) is 5.63. The second kappa shape index (κ2) is 4.31. The third-order valence-corrected chi connectivity index (χ3v) is 2.89. The van der Waals surface area contributed by atoms with Gasteiger partial charge in [0.1, 0.15) is 0 Å². The van der Waals surface area contributed by atoms with E-state index >= 15 is 0 Å². The van der Waals surface area contributed by atoms with Crippen LogP contribution >= 0.6 is 11.6 Å². The van der Waals surface area contributed by atoms with Crippen LogP contribution in [0.5, 0.6) is 0 Å². The summed E-state index contributed by atoms with van der Waals surface area (Å²) >= 11 is 6.14. The molecule has 0 spiro atoms. The molecule has 0 amide bonds. The topological polar surface area (TPSA) is 38.7 Å². The van der Waals surface area contributed by atoms with Crippen LogP contribution in [0, 0.1) is 5.82 Å². The van der Waals surface area contributed by atoms with Crippen molar-refractivity contribution in [1.29, 1.82) is 0 Å². The third-order valence-electron chi connectivity index (χ3n) is 2.60. The first-order chi connectivity index (χ1) is 8.75. The van der Waals surface area contributed by atoms with Crippen LogP contribution in [0.2, 0.25) is 5.02 Å². The van der Waals surface area contributed by atoms with E-state index in [1.165, 1.54) is 6.20 Å². The van der Waals surface area contributed by atoms with E-state index in [4.69, 9.17) is 11.6 Å². The summed E-state index contributed by atoms with van der Waals surface area (Å²) in [5.41, 5.74) is 1.41. The van der Waals surface area contributed by atoms with E-state index in [0.29, 0.717) is 21.8 Å². The van der Waals surface area contributed by atoms with Crippen LogP contribution in [-0.4, -0.2) is 15.0 Å². The van der Waals surface area contributed by atoms with Crippen molar-refractivity contribution in [1.82, 2.24) is 15.0 Å². The smallest absolute Gasteiger partial charge is 0.150 e. The Kier molecular flexibility index (Phi) is 2.64. The first-order valence-electron chi connectivity index (χ1n) is 5.26. The van der Waals surface area contributed by atoms with Gasteiger partial charge in [-0.3, -0.25) is 9.97 Å². The summed E-state index contributed by atoms with van der Waals surface area (Å²) in [6.07, 6.45) is 5.92. The van der Waals surface area contributed by atoms with Gasteiger partial charge in [0.2, 0.25) is 0 Å². The van der Waals surface area contributed by atoms with E-state index in [-0.39, 0.29) is 0 Å². The van der Waals surface area contributed by atoms with E-state index < -0.39 is 5.82 Å². The highest BCUT2D eigenvalue weighted by Gasteiger charge is 2.11. The molecule has 3 rings (SSSR count). The highest BCUT2D eigenvalue weighted by Crippen LogP contribution is 2.30. The second-order valence-corrected chi connectivity index (χ2v) is 4.15. The highest BCUT2D eigenvalue weighted by molar-refractivity contribution is 6.33. The molecular weight excluding hydrogens is 253 g/mol. The van der Waals surface area contributed by atoms with Crippen molar-refractivity contribution in [2.75, 3.05) is 0 Å². The molecule has 0 aliphatic carbocycles.